The predicted octanol–water partition coefficient (Wildman–Crippen LogP) is 1.75. The van der Waals surface area contributed by atoms with Gasteiger partial charge in [-0.1, -0.05) is 17.3 Å². The number of benzene rings is 1. The lowest BCUT2D eigenvalue weighted by Gasteiger charge is -2.37. The van der Waals surface area contributed by atoms with Crippen molar-refractivity contribution in [2.75, 3.05) is 31.1 Å². The van der Waals surface area contributed by atoms with Gasteiger partial charge >= 0.3 is 0 Å². The number of anilines is 1. The van der Waals surface area contributed by atoms with Crippen LogP contribution in [-0.4, -0.2) is 62.3 Å². The van der Waals surface area contributed by atoms with Crippen LogP contribution in [0, 0.1) is 13.8 Å². The smallest absolute Gasteiger partial charge is 0.239 e. The van der Waals surface area contributed by atoms with Crippen molar-refractivity contribution in [1.29, 1.82) is 0 Å². The van der Waals surface area contributed by atoms with Crippen molar-refractivity contribution in [2.45, 2.75) is 26.7 Å². The lowest BCUT2D eigenvalue weighted by atomic mass is 10.1. The minimum absolute atomic E-state index is 0.111. The van der Waals surface area contributed by atoms with Crippen LogP contribution in [0.15, 0.2) is 29.0 Å². The van der Waals surface area contributed by atoms with Crippen LogP contribution in [0.5, 0.6) is 0 Å². The molecule has 4 rings (SSSR count). The third kappa shape index (κ3) is 3.73. The van der Waals surface area contributed by atoms with Gasteiger partial charge in [0.05, 0.1) is 0 Å². The van der Waals surface area contributed by atoms with Crippen molar-refractivity contribution in [3.63, 3.8) is 0 Å². The number of rotatable bonds is 5. The Morgan fingerprint density at radius 2 is 2.04 bits per heavy atom. The van der Waals surface area contributed by atoms with E-state index in [1.54, 1.807) is 0 Å². The largest absolute Gasteiger partial charge is 0.368 e. The zero-order valence-corrected chi connectivity index (χ0v) is 16.1. The van der Waals surface area contributed by atoms with Gasteiger partial charge in [0, 0.05) is 44.7 Å². The molecule has 0 aliphatic carbocycles. The molecule has 28 heavy (non-hydrogen) atoms. The molecule has 1 amide bonds. The molecular formula is C19H23N7O2. The van der Waals surface area contributed by atoms with E-state index >= 15 is 0 Å². The van der Waals surface area contributed by atoms with Crippen molar-refractivity contribution >= 4 is 11.6 Å². The quantitative estimate of drug-likeness (QED) is 0.718. The lowest BCUT2D eigenvalue weighted by Crippen LogP contribution is -2.49. The molecule has 0 saturated carbocycles. The van der Waals surface area contributed by atoms with Crippen LogP contribution in [0.3, 0.4) is 0 Å². The number of H-pyrrole nitrogens is 1. The third-order valence-electron chi connectivity index (χ3n) is 5.20. The highest BCUT2D eigenvalue weighted by molar-refractivity contribution is 5.76. The molecule has 1 aliphatic heterocycles. The molecule has 0 atom stereocenters. The van der Waals surface area contributed by atoms with Crippen LogP contribution in [0.25, 0.3) is 11.6 Å². The van der Waals surface area contributed by atoms with E-state index in [4.69, 9.17) is 4.52 Å². The van der Waals surface area contributed by atoms with Gasteiger partial charge in [0.15, 0.2) is 5.82 Å². The fraction of sp³-hybridized carbons (Fsp3) is 0.421. The highest BCUT2D eigenvalue weighted by Gasteiger charge is 2.23. The van der Waals surface area contributed by atoms with Crippen molar-refractivity contribution in [3.05, 3.63) is 41.5 Å². The number of nitrogens with zero attached hydrogens (tertiary/aromatic N) is 6. The number of hydrogen-bond acceptors (Lipinski definition) is 7. The predicted molar refractivity (Wildman–Crippen MR) is 103 cm³/mol. The number of hydrogen-bond donors (Lipinski definition) is 1. The summed E-state index contributed by atoms with van der Waals surface area (Å²) in [5, 5.41) is 10.3. The van der Waals surface area contributed by atoms with E-state index in [2.05, 4.69) is 62.3 Å². The number of nitrogens with one attached hydrogen (secondary N) is 1. The zero-order valence-electron chi connectivity index (χ0n) is 16.1. The molecule has 146 valence electrons. The molecule has 9 nitrogen and oxygen atoms in total. The monoisotopic (exact) mass is 381 g/mol. The molecule has 1 N–H and O–H groups in total. The summed E-state index contributed by atoms with van der Waals surface area (Å²) in [6.07, 6.45) is 2.14. The number of carbonyl (C=O) groups is 1. The molecule has 1 aromatic carbocycles. The van der Waals surface area contributed by atoms with Crippen molar-refractivity contribution < 1.29 is 9.32 Å². The number of piperazine rings is 1. The summed E-state index contributed by atoms with van der Waals surface area (Å²) in [5.41, 5.74) is 3.86. The molecule has 1 aliphatic rings. The Labute approximate surface area is 162 Å². The normalized spacial score (nSPS) is 14.5. The second-order valence-corrected chi connectivity index (χ2v) is 6.93. The van der Waals surface area contributed by atoms with Crippen molar-refractivity contribution in [1.82, 2.24) is 30.2 Å². The van der Waals surface area contributed by atoms with Gasteiger partial charge in [0.2, 0.25) is 17.6 Å². The summed E-state index contributed by atoms with van der Waals surface area (Å²) in [5.74, 6) is 1.33. The maximum atomic E-state index is 12.6. The first kappa shape index (κ1) is 18.1. The minimum Gasteiger partial charge on any atom is -0.368 e. The molecule has 3 aromatic rings. The Morgan fingerprint density at radius 1 is 1.21 bits per heavy atom. The topological polar surface area (TPSA) is 104 Å². The molecule has 0 spiro atoms. The van der Waals surface area contributed by atoms with E-state index in [1.807, 2.05) is 4.90 Å². The minimum atomic E-state index is 0.111. The summed E-state index contributed by atoms with van der Waals surface area (Å²) in [6.45, 7) is 7.40. The van der Waals surface area contributed by atoms with E-state index in [-0.39, 0.29) is 5.91 Å². The van der Waals surface area contributed by atoms with Crippen LogP contribution >= 0.6 is 0 Å². The number of aromatic nitrogens is 5. The Kier molecular flexibility index (Phi) is 5.05. The molecule has 0 radical (unpaired) electrons. The molecule has 3 heterocycles. The Morgan fingerprint density at radius 3 is 2.79 bits per heavy atom. The zero-order chi connectivity index (χ0) is 19.5. The van der Waals surface area contributed by atoms with E-state index in [1.165, 1.54) is 23.1 Å². The molecular weight excluding hydrogens is 358 g/mol. The number of carbonyl (C=O) groups excluding carboxylic acids is 1. The summed E-state index contributed by atoms with van der Waals surface area (Å²) >= 11 is 0. The first-order valence-electron chi connectivity index (χ1n) is 9.39. The summed E-state index contributed by atoms with van der Waals surface area (Å²) in [7, 11) is 0. The van der Waals surface area contributed by atoms with Crippen LogP contribution in [0.1, 0.15) is 23.4 Å². The second kappa shape index (κ2) is 7.79. The maximum absolute atomic E-state index is 12.6. The second-order valence-electron chi connectivity index (χ2n) is 6.93. The van der Waals surface area contributed by atoms with Crippen molar-refractivity contribution in [2.24, 2.45) is 0 Å². The van der Waals surface area contributed by atoms with Crippen LogP contribution in [-0.2, 0) is 11.2 Å². The Balaban J connectivity index is 1.29. The fourth-order valence-electron chi connectivity index (χ4n) is 3.41. The van der Waals surface area contributed by atoms with Crippen LogP contribution < -0.4 is 4.90 Å². The van der Waals surface area contributed by atoms with E-state index < -0.39 is 0 Å². The summed E-state index contributed by atoms with van der Waals surface area (Å²) in [6, 6.07) is 6.37. The van der Waals surface area contributed by atoms with Gasteiger partial charge in [-0.3, -0.25) is 9.89 Å². The molecule has 2 aromatic heterocycles. The van der Waals surface area contributed by atoms with Gasteiger partial charge in [0.1, 0.15) is 6.33 Å². The van der Waals surface area contributed by atoms with Gasteiger partial charge in [-0.2, -0.15) is 10.1 Å². The van der Waals surface area contributed by atoms with Crippen LogP contribution in [0.2, 0.25) is 0 Å². The maximum Gasteiger partial charge on any atom is 0.239 e. The van der Waals surface area contributed by atoms with E-state index in [9.17, 15) is 4.79 Å². The standard InChI is InChI=1S/C19H23N7O2/c1-13-4-3-5-15(14(13)2)25-8-10-26(11-9-25)17(27)7-6-16-22-19(24-28-16)18-20-12-21-23-18/h3-5,12H,6-11H2,1-2H3,(H,20,21,23). The average molecular weight is 381 g/mol. The molecule has 9 heteroatoms. The van der Waals surface area contributed by atoms with E-state index in [0.717, 1.165) is 26.2 Å². The number of amides is 1. The van der Waals surface area contributed by atoms with Crippen LogP contribution in [0.4, 0.5) is 5.69 Å². The molecule has 1 saturated heterocycles. The fourth-order valence-corrected chi connectivity index (χ4v) is 3.41. The van der Waals surface area contributed by atoms with Crippen molar-refractivity contribution in [3.8, 4) is 11.6 Å². The van der Waals surface area contributed by atoms with Gasteiger partial charge in [0.25, 0.3) is 0 Å². The molecule has 0 unspecified atom stereocenters. The lowest BCUT2D eigenvalue weighted by molar-refractivity contribution is -0.131. The number of aryl methyl sites for hydroxylation is 2. The highest BCUT2D eigenvalue weighted by Crippen LogP contribution is 2.24. The number of aromatic amines is 1. The average Bonchev–Trinajstić information content (AvgIpc) is 3.40. The summed E-state index contributed by atoms with van der Waals surface area (Å²) in [4.78, 5) is 25.1. The van der Waals surface area contributed by atoms with Gasteiger partial charge in [-0.25, -0.2) is 4.98 Å². The Bertz CT molecular complexity index is 943. The first-order valence-corrected chi connectivity index (χ1v) is 9.39. The summed E-state index contributed by atoms with van der Waals surface area (Å²) < 4.78 is 5.20. The Hall–Kier alpha value is -3.23. The van der Waals surface area contributed by atoms with Gasteiger partial charge in [-0.15, -0.1) is 0 Å². The molecule has 0 bridgehead atoms. The third-order valence-corrected chi connectivity index (χ3v) is 5.20. The first-order chi connectivity index (χ1) is 13.6. The highest BCUT2D eigenvalue weighted by atomic mass is 16.5. The molecule has 1 fully saturated rings. The van der Waals surface area contributed by atoms with Gasteiger partial charge < -0.3 is 14.3 Å². The van der Waals surface area contributed by atoms with Gasteiger partial charge in [-0.05, 0) is 31.0 Å². The van der Waals surface area contributed by atoms with E-state index in [0.29, 0.717) is 30.4 Å². The SMILES string of the molecule is Cc1cccc(N2CCN(C(=O)CCc3nc(-c4ncn[nH]4)no3)CC2)c1C.